The highest BCUT2D eigenvalue weighted by molar-refractivity contribution is 7.89. The monoisotopic (exact) mass is 296 g/mol. The highest BCUT2D eigenvalue weighted by Gasteiger charge is 2.17. The molecule has 1 aromatic rings. The van der Waals surface area contributed by atoms with Crippen molar-refractivity contribution in [3.63, 3.8) is 0 Å². The van der Waals surface area contributed by atoms with Crippen molar-refractivity contribution < 1.29 is 8.42 Å². The zero-order valence-corrected chi connectivity index (χ0v) is 13.1. The summed E-state index contributed by atoms with van der Waals surface area (Å²) in [4.78, 5) is 0.360. The lowest BCUT2D eigenvalue weighted by Gasteiger charge is -2.18. The normalized spacial score (nSPS) is 17.7. The second-order valence-corrected chi connectivity index (χ2v) is 7.38. The van der Waals surface area contributed by atoms with Crippen molar-refractivity contribution in [1.82, 2.24) is 4.72 Å². The van der Waals surface area contributed by atoms with E-state index in [9.17, 15) is 8.42 Å². The van der Waals surface area contributed by atoms with Crippen LogP contribution in [0.1, 0.15) is 44.1 Å². The van der Waals surface area contributed by atoms with E-state index in [2.05, 4.69) is 10.0 Å². The van der Waals surface area contributed by atoms with E-state index in [-0.39, 0.29) is 0 Å². The number of rotatable bonds is 4. The second kappa shape index (κ2) is 6.59. The number of nitrogens with one attached hydrogen (secondary N) is 2. The lowest BCUT2D eigenvalue weighted by molar-refractivity contribution is 0.587. The fourth-order valence-electron chi connectivity index (χ4n) is 2.75. The quantitative estimate of drug-likeness (QED) is 0.840. The van der Waals surface area contributed by atoms with Crippen LogP contribution in [-0.2, 0) is 10.0 Å². The first-order valence-electron chi connectivity index (χ1n) is 7.33. The van der Waals surface area contributed by atoms with E-state index in [1.807, 2.05) is 19.1 Å². The van der Waals surface area contributed by atoms with Crippen LogP contribution in [0.5, 0.6) is 0 Å². The SMILES string of the molecule is CNS(=O)(=O)c1cc(NC2CCCCCC2)ccc1C. The van der Waals surface area contributed by atoms with Gasteiger partial charge in [0.05, 0.1) is 4.90 Å². The van der Waals surface area contributed by atoms with Gasteiger partial charge in [0.2, 0.25) is 10.0 Å². The molecule has 0 saturated heterocycles. The molecule has 2 rings (SSSR count). The Kier molecular flexibility index (Phi) is 5.05. The molecule has 1 aliphatic rings. The van der Waals surface area contributed by atoms with Gasteiger partial charge in [-0.2, -0.15) is 0 Å². The summed E-state index contributed by atoms with van der Waals surface area (Å²) in [5.74, 6) is 0. The summed E-state index contributed by atoms with van der Waals surface area (Å²) in [7, 11) is -1.94. The molecule has 0 amide bonds. The van der Waals surface area contributed by atoms with Gasteiger partial charge in [-0.1, -0.05) is 31.7 Å². The van der Waals surface area contributed by atoms with E-state index in [1.54, 1.807) is 6.07 Å². The number of benzene rings is 1. The molecule has 0 aromatic heterocycles. The van der Waals surface area contributed by atoms with Crippen LogP contribution in [0.4, 0.5) is 5.69 Å². The third-order valence-electron chi connectivity index (χ3n) is 3.97. The van der Waals surface area contributed by atoms with Gasteiger partial charge in [-0.15, -0.1) is 0 Å². The third kappa shape index (κ3) is 3.73. The van der Waals surface area contributed by atoms with E-state index in [0.29, 0.717) is 10.9 Å². The van der Waals surface area contributed by atoms with Crippen molar-refractivity contribution in [2.45, 2.75) is 56.4 Å². The lowest BCUT2D eigenvalue weighted by Crippen LogP contribution is -2.21. The molecule has 1 fully saturated rings. The maximum atomic E-state index is 12.0. The standard InChI is InChI=1S/C15H24N2O2S/c1-12-9-10-14(11-15(12)20(18,19)16-2)17-13-7-5-3-4-6-8-13/h9-11,13,16-17H,3-8H2,1-2H3. The van der Waals surface area contributed by atoms with Crippen LogP contribution in [-0.4, -0.2) is 21.5 Å². The van der Waals surface area contributed by atoms with Crippen LogP contribution >= 0.6 is 0 Å². The van der Waals surface area contributed by atoms with Gasteiger partial charge < -0.3 is 5.32 Å². The molecular formula is C15H24N2O2S. The van der Waals surface area contributed by atoms with Gasteiger partial charge in [0.1, 0.15) is 0 Å². The summed E-state index contributed by atoms with van der Waals surface area (Å²) in [6.45, 7) is 1.82. The average molecular weight is 296 g/mol. The Balaban J connectivity index is 2.19. The molecule has 2 N–H and O–H groups in total. The Labute approximate surface area is 122 Å². The fourth-order valence-corrected chi connectivity index (χ4v) is 3.74. The molecule has 1 saturated carbocycles. The van der Waals surface area contributed by atoms with Crippen LogP contribution in [0.2, 0.25) is 0 Å². The molecule has 0 atom stereocenters. The van der Waals surface area contributed by atoms with Gasteiger partial charge >= 0.3 is 0 Å². The van der Waals surface area contributed by atoms with Gasteiger partial charge in [-0.25, -0.2) is 13.1 Å². The molecule has 0 unspecified atom stereocenters. The summed E-state index contributed by atoms with van der Waals surface area (Å²) >= 11 is 0. The van der Waals surface area contributed by atoms with Gasteiger partial charge in [-0.05, 0) is 44.5 Å². The Morgan fingerprint density at radius 2 is 1.75 bits per heavy atom. The van der Waals surface area contributed by atoms with Crippen LogP contribution in [0, 0.1) is 6.92 Å². The number of sulfonamides is 1. The van der Waals surface area contributed by atoms with Crippen molar-refractivity contribution in [2.75, 3.05) is 12.4 Å². The van der Waals surface area contributed by atoms with Crippen LogP contribution < -0.4 is 10.0 Å². The maximum absolute atomic E-state index is 12.0. The molecule has 0 spiro atoms. The van der Waals surface area contributed by atoms with Crippen molar-refractivity contribution in [2.24, 2.45) is 0 Å². The number of hydrogen-bond acceptors (Lipinski definition) is 3. The Morgan fingerprint density at radius 1 is 1.10 bits per heavy atom. The second-order valence-electron chi connectivity index (χ2n) is 5.52. The van der Waals surface area contributed by atoms with Gasteiger partial charge in [0.25, 0.3) is 0 Å². The fraction of sp³-hybridized carbons (Fsp3) is 0.600. The lowest BCUT2D eigenvalue weighted by atomic mass is 10.1. The number of aryl methyl sites for hydroxylation is 1. The predicted molar refractivity (Wildman–Crippen MR) is 82.5 cm³/mol. The van der Waals surface area contributed by atoms with Crippen molar-refractivity contribution in [3.05, 3.63) is 23.8 Å². The van der Waals surface area contributed by atoms with Crippen molar-refractivity contribution in [3.8, 4) is 0 Å². The molecule has 0 heterocycles. The van der Waals surface area contributed by atoms with Crippen molar-refractivity contribution >= 4 is 15.7 Å². The minimum atomic E-state index is -3.39. The summed E-state index contributed by atoms with van der Waals surface area (Å²) in [6, 6.07) is 6.04. The molecule has 0 bridgehead atoms. The van der Waals surface area contributed by atoms with E-state index >= 15 is 0 Å². The van der Waals surface area contributed by atoms with Gasteiger partial charge in [0, 0.05) is 11.7 Å². The molecular weight excluding hydrogens is 272 g/mol. The highest BCUT2D eigenvalue weighted by Crippen LogP contribution is 2.24. The first-order valence-corrected chi connectivity index (χ1v) is 8.82. The smallest absolute Gasteiger partial charge is 0.240 e. The van der Waals surface area contributed by atoms with Gasteiger partial charge in [-0.3, -0.25) is 0 Å². The zero-order valence-electron chi connectivity index (χ0n) is 12.3. The number of anilines is 1. The van der Waals surface area contributed by atoms with Gasteiger partial charge in [0.15, 0.2) is 0 Å². The first-order chi connectivity index (χ1) is 9.53. The molecule has 1 aliphatic carbocycles. The largest absolute Gasteiger partial charge is 0.382 e. The number of hydrogen-bond donors (Lipinski definition) is 2. The van der Waals surface area contributed by atoms with Crippen LogP contribution in [0.15, 0.2) is 23.1 Å². The van der Waals surface area contributed by atoms with E-state index in [1.165, 1.54) is 45.6 Å². The molecule has 0 radical (unpaired) electrons. The zero-order chi connectivity index (χ0) is 14.6. The topological polar surface area (TPSA) is 58.2 Å². The van der Waals surface area contributed by atoms with Crippen molar-refractivity contribution in [1.29, 1.82) is 0 Å². The molecule has 0 aliphatic heterocycles. The summed E-state index contributed by atoms with van der Waals surface area (Å²) < 4.78 is 26.3. The summed E-state index contributed by atoms with van der Waals surface area (Å²) in [5.41, 5.74) is 1.67. The minimum Gasteiger partial charge on any atom is -0.382 e. The van der Waals surface area contributed by atoms with E-state index < -0.39 is 10.0 Å². The van der Waals surface area contributed by atoms with Crippen LogP contribution in [0.3, 0.4) is 0 Å². The Morgan fingerprint density at radius 3 is 2.35 bits per heavy atom. The summed E-state index contributed by atoms with van der Waals surface area (Å²) in [5, 5.41) is 3.49. The molecule has 1 aromatic carbocycles. The Bertz CT molecular complexity index is 547. The average Bonchev–Trinajstić information content (AvgIpc) is 2.69. The third-order valence-corrected chi connectivity index (χ3v) is 5.53. The molecule has 5 heteroatoms. The predicted octanol–water partition coefficient (Wildman–Crippen LogP) is 3.04. The summed E-state index contributed by atoms with van der Waals surface area (Å²) in [6.07, 6.45) is 7.47. The highest BCUT2D eigenvalue weighted by atomic mass is 32.2. The Hall–Kier alpha value is -1.07. The first kappa shape index (κ1) is 15.3. The molecule has 20 heavy (non-hydrogen) atoms. The molecule has 4 nitrogen and oxygen atoms in total. The molecule has 112 valence electrons. The minimum absolute atomic E-state index is 0.360. The maximum Gasteiger partial charge on any atom is 0.240 e. The van der Waals surface area contributed by atoms with E-state index in [0.717, 1.165) is 11.3 Å². The van der Waals surface area contributed by atoms with E-state index in [4.69, 9.17) is 0 Å². The van der Waals surface area contributed by atoms with Crippen LogP contribution in [0.25, 0.3) is 0 Å².